The van der Waals surface area contributed by atoms with Crippen molar-refractivity contribution in [1.82, 2.24) is 4.98 Å². The third kappa shape index (κ3) is 1.78. The Bertz CT molecular complexity index is 513. The zero-order valence-electron chi connectivity index (χ0n) is 9.91. The normalized spacial score (nSPS) is 10.4. The van der Waals surface area contributed by atoms with E-state index in [2.05, 4.69) is 37.9 Å². The van der Waals surface area contributed by atoms with Gasteiger partial charge in [0.05, 0.1) is 0 Å². The Balaban J connectivity index is 2.63. The summed E-state index contributed by atoms with van der Waals surface area (Å²) in [6, 6.07) is 8.17. The van der Waals surface area contributed by atoms with E-state index in [0.717, 1.165) is 5.56 Å². The van der Waals surface area contributed by atoms with Crippen LogP contribution >= 0.6 is 0 Å². The van der Waals surface area contributed by atoms with Gasteiger partial charge in [-0.3, -0.25) is 0 Å². The van der Waals surface area contributed by atoms with E-state index in [0.29, 0.717) is 5.82 Å². The molecule has 1 aromatic carbocycles. The Kier molecular flexibility index (Phi) is 2.65. The van der Waals surface area contributed by atoms with Gasteiger partial charge in [0.25, 0.3) is 0 Å². The Morgan fingerprint density at radius 2 is 1.62 bits per heavy atom. The fraction of sp³-hybridized carbons (Fsp3) is 0.214. The maximum Gasteiger partial charge on any atom is 0.123 e. The molecule has 0 unspecified atom stereocenters. The van der Waals surface area contributed by atoms with Crippen molar-refractivity contribution in [2.45, 2.75) is 20.8 Å². The molecule has 2 N–H and O–H groups in total. The van der Waals surface area contributed by atoms with Crippen LogP contribution in [0.1, 0.15) is 16.7 Å². The van der Waals surface area contributed by atoms with Crippen molar-refractivity contribution in [2.75, 3.05) is 5.73 Å². The van der Waals surface area contributed by atoms with Crippen molar-refractivity contribution in [1.29, 1.82) is 0 Å². The number of aryl methyl sites for hydroxylation is 2. The highest BCUT2D eigenvalue weighted by Crippen LogP contribution is 2.28. The van der Waals surface area contributed by atoms with E-state index < -0.39 is 0 Å². The van der Waals surface area contributed by atoms with E-state index in [4.69, 9.17) is 5.73 Å². The predicted molar refractivity (Wildman–Crippen MR) is 68.3 cm³/mol. The summed E-state index contributed by atoms with van der Waals surface area (Å²) in [6.07, 6.45) is 1.84. The van der Waals surface area contributed by atoms with Gasteiger partial charge < -0.3 is 5.73 Å². The molecule has 0 aliphatic rings. The van der Waals surface area contributed by atoms with Crippen LogP contribution in [0.4, 0.5) is 5.82 Å². The van der Waals surface area contributed by atoms with Gasteiger partial charge in [-0.25, -0.2) is 4.98 Å². The fourth-order valence-corrected chi connectivity index (χ4v) is 1.95. The number of hydrogen-bond donors (Lipinski definition) is 1. The highest BCUT2D eigenvalue weighted by molar-refractivity contribution is 5.71. The van der Waals surface area contributed by atoms with Crippen molar-refractivity contribution in [2.24, 2.45) is 0 Å². The number of rotatable bonds is 1. The Labute approximate surface area is 96.1 Å². The molecule has 0 spiro atoms. The smallest absolute Gasteiger partial charge is 0.123 e. The van der Waals surface area contributed by atoms with Crippen LogP contribution in [0.2, 0.25) is 0 Å². The summed E-state index contributed by atoms with van der Waals surface area (Å²) in [5.74, 6) is 0.562. The van der Waals surface area contributed by atoms with Gasteiger partial charge in [0.1, 0.15) is 5.82 Å². The van der Waals surface area contributed by atoms with Crippen LogP contribution in [0.15, 0.2) is 30.5 Å². The lowest BCUT2D eigenvalue weighted by Crippen LogP contribution is -1.94. The standard InChI is InChI=1S/C14H16N2/c1-9-4-5-10(2)14(11(9)3)12-6-7-13(15)16-8-12/h4-8H,1-3H3,(H2,15,16). The summed E-state index contributed by atoms with van der Waals surface area (Å²) < 4.78 is 0. The Morgan fingerprint density at radius 1 is 0.938 bits per heavy atom. The molecule has 0 fully saturated rings. The highest BCUT2D eigenvalue weighted by atomic mass is 14.8. The molecule has 0 aliphatic heterocycles. The number of benzene rings is 1. The third-order valence-electron chi connectivity index (χ3n) is 3.02. The van der Waals surface area contributed by atoms with E-state index in [1.165, 1.54) is 22.3 Å². The minimum absolute atomic E-state index is 0.562. The molecule has 2 aromatic rings. The third-order valence-corrected chi connectivity index (χ3v) is 3.02. The van der Waals surface area contributed by atoms with Crippen LogP contribution in [0.5, 0.6) is 0 Å². The molecule has 2 rings (SSSR count). The first kappa shape index (κ1) is 10.7. The van der Waals surface area contributed by atoms with Crippen LogP contribution in [-0.2, 0) is 0 Å². The SMILES string of the molecule is Cc1ccc(C)c(-c2ccc(N)nc2)c1C. The van der Waals surface area contributed by atoms with E-state index in [9.17, 15) is 0 Å². The molecular weight excluding hydrogens is 196 g/mol. The number of anilines is 1. The van der Waals surface area contributed by atoms with Gasteiger partial charge in [-0.2, -0.15) is 0 Å². The van der Waals surface area contributed by atoms with Crippen LogP contribution in [0.3, 0.4) is 0 Å². The average Bonchev–Trinajstić information content (AvgIpc) is 2.27. The number of nitrogens with zero attached hydrogens (tertiary/aromatic N) is 1. The monoisotopic (exact) mass is 212 g/mol. The van der Waals surface area contributed by atoms with Gasteiger partial charge in [-0.15, -0.1) is 0 Å². The van der Waals surface area contributed by atoms with Crippen molar-refractivity contribution in [3.63, 3.8) is 0 Å². The summed E-state index contributed by atoms with van der Waals surface area (Å²) in [4.78, 5) is 4.15. The van der Waals surface area contributed by atoms with Gasteiger partial charge >= 0.3 is 0 Å². The highest BCUT2D eigenvalue weighted by Gasteiger charge is 2.07. The quantitative estimate of drug-likeness (QED) is 0.788. The molecule has 82 valence electrons. The lowest BCUT2D eigenvalue weighted by Gasteiger charge is -2.12. The number of nitrogens with two attached hydrogens (primary N) is 1. The first-order chi connectivity index (χ1) is 7.59. The average molecular weight is 212 g/mol. The maximum atomic E-state index is 5.60. The number of nitrogen functional groups attached to an aromatic ring is 1. The Morgan fingerprint density at radius 3 is 2.25 bits per heavy atom. The van der Waals surface area contributed by atoms with E-state index in [1.807, 2.05) is 18.3 Å². The molecule has 0 saturated heterocycles. The lowest BCUT2D eigenvalue weighted by molar-refractivity contribution is 1.28. The van der Waals surface area contributed by atoms with E-state index >= 15 is 0 Å². The lowest BCUT2D eigenvalue weighted by atomic mass is 9.94. The van der Waals surface area contributed by atoms with Crippen LogP contribution in [-0.4, -0.2) is 4.98 Å². The second kappa shape index (κ2) is 3.97. The first-order valence-electron chi connectivity index (χ1n) is 5.38. The molecule has 0 amide bonds. The topological polar surface area (TPSA) is 38.9 Å². The molecule has 0 saturated carbocycles. The molecule has 1 aromatic heterocycles. The summed E-state index contributed by atoms with van der Waals surface area (Å²) in [6.45, 7) is 6.40. The maximum absolute atomic E-state index is 5.60. The van der Waals surface area contributed by atoms with Crippen LogP contribution < -0.4 is 5.73 Å². The van der Waals surface area contributed by atoms with Gasteiger partial charge in [-0.05, 0) is 55.2 Å². The minimum atomic E-state index is 0.562. The molecule has 2 heteroatoms. The zero-order valence-corrected chi connectivity index (χ0v) is 9.91. The van der Waals surface area contributed by atoms with E-state index in [1.54, 1.807) is 0 Å². The second-order valence-corrected chi connectivity index (χ2v) is 4.17. The molecule has 1 heterocycles. The number of aromatic nitrogens is 1. The minimum Gasteiger partial charge on any atom is -0.384 e. The van der Waals surface area contributed by atoms with Crippen molar-refractivity contribution in [3.8, 4) is 11.1 Å². The van der Waals surface area contributed by atoms with Crippen LogP contribution in [0, 0.1) is 20.8 Å². The summed E-state index contributed by atoms with van der Waals surface area (Å²) in [5, 5.41) is 0. The first-order valence-corrected chi connectivity index (χ1v) is 5.38. The van der Waals surface area contributed by atoms with Gasteiger partial charge in [0.2, 0.25) is 0 Å². The predicted octanol–water partition coefficient (Wildman–Crippen LogP) is 3.26. The largest absolute Gasteiger partial charge is 0.384 e. The van der Waals surface area contributed by atoms with Gasteiger partial charge in [0.15, 0.2) is 0 Å². The second-order valence-electron chi connectivity index (χ2n) is 4.17. The molecule has 0 radical (unpaired) electrons. The summed E-state index contributed by atoms with van der Waals surface area (Å²) in [5.41, 5.74) is 11.9. The summed E-state index contributed by atoms with van der Waals surface area (Å²) in [7, 11) is 0. The van der Waals surface area contributed by atoms with Gasteiger partial charge in [0, 0.05) is 11.8 Å². The molecule has 0 atom stereocenters. The van der Waals surface area contributed by atoms with Crippen molar-refractivity contribution >= 4 is 5.82 Å². The number of pyridine rings is 1. The molecule has 2 nitrogen and oxygen atoms in total. The van der Waals surface area contributed by atoms with Gasteiger partial charge in [-0.1, -0.05) is 12.1 Å². The van der Waals surface area contributed by atoms with Crippen LogP contribution in [0.25, 0.3) is 11.1 Å². The fourth-order valence-electron chi connectivity index (χ4n) is 1.95. The molecular formula is C14H16N2. The zero-order chi connectivity index (χ0) is 11.7. The van der Waals surface area contributed by atoms with Crippen molar-refractivity contribution in [3.05, 3.63) is 47.2 Å². The molecule has 16 heavy (non-hydrogen) atoms. The number of hydrogen-bond acceptors (Lipinski definition) is 2. The summed E-state index contributed by atoms with van der Waals surface area (Å²) >= 11 is 0. The van der Waals surface area contributed by atoms with Crippen molar-refractivity contribution < 1.29 is 0 Å². The Hall–Kier alpha value is -1.83. The molecule has 0 aliphatic carbocycles. The van der Waals surface area contributed by atoms with E-state index in [-0.39, 0.29) is 0 Å². The molecule has 0 bridgehead atoms.